The van der Waals surface area contributed by atoms with E-state index in [-0.39, 0.29) is 22.1 Å². The van der Waals surface area contributed by atoms with Crippen molar-refractivity contribution in [2.45, 2.75) is 45.8 Å². The molecule has 0 fully saturated rings. The molecule has 11 heteroatoms. The lowest BCUT2D eigenvalue weighted by Crippen LogP contribution is -2.39. The van der Waals surface area contributed by atoms with Crippen molar-refractivity contribution in [1.82, 2.24) is 19.6 Å². The predicted molar refractivity (Wildman–Crippen MR) is 108 cm³/mol. The van der Waals surface area contributed by atoms with Gasteiger partial charge in [0.25, 0.3) is 10.9 Å². The third kappa shape index (κ3) is 3.53. The van der Waals surface area contributed by atoms with Gasteiger partial charge in [-0.1, -0.05) is 11.6 Å². The summed E-state index contributed by atoms with van der Waals surface area (Å²) in [4.78, 5) is 20.1. The number of carboxylic acids is 1. The third-order valence-corrected chi connectivity index (χ3v) is 6.54. The van der Waals surface area contributed by atoms with Gasteiger partial charge in [-0.25, -0.2) is 14.3 Å². The van der Waals surface area contributed by atoms with Crippen LogP contribution < -0.4 is 4.31 Å². The second-order valence-electron chi connectivity index (χ2n) is 6.91. The molecule has 0 aliphatic rings. The van der Waals surface area contributed by atoms with E-state index in [0.717, 1.165) is 4.31 Å². The van der Waals surface area contributed by atoms with Gasteiger partial charge in [-0.15, -0.1) is 5.10 Å². The summed E-state index contributed by atoms with van der Waals surface area (Å²) in [5.41, 5.74) is 1.48. The molecule has 0 unspecified atom stereocenters. The maximum absolute atomic E-state index is 13.5. The Labute approximate surface area is 173 Å². The number of hydrogen-bond donors (Lipinski definition) is 1. The number of aromatic nitrogens is 4. The molecule has 0 aliphatic heterocycles. The van der Waals surface area contributed by atoms with Gasteiger partial charge in [-0.3, -0.25) is 4.31 Å². The highest BCUT2D eigenvalue weighted by molar-refractivity contribution is 7.92. The first-order chi connectivity index (χ1) is 13.4. The van der Waals surface area contributed by atoms with Crippen LogP contribution in [0.3, 0.4) is 0 Å². The van der Waals surface area contributed by atoms with Crippen molar-refractivity contribution in [3.05, 3.63) is 45.7 Å². The van der Waals surface area contributed by atoms with E-state index in [1.165, 1.54) is 16.6 Å². The molecule has 1 aromatic carbocycles. The zero-order valence-corrected chi connectivity index (χ0v) is 18.1. The van der Waals surface area contributed by atoms with Crippen LogP contribution in [-0.2, 0) is 10.0 Å². The molecular weight excluding hydrogens is 418 g/mol. The van der Waals surface area contributed by atoms with Gasteiger partial charge in [-0.2, -0.15) is 13.4 Å². The Morgan fingerprint density at radius 3 is 2.45 bits per heavy atom. The number of halogens is 1. The largest absolute Gasteiger partial charge is 0.478 e. The number of nitrogens with zero attached hydrogens (tertiary/aromatic N) is 5. The Bertz CT molecular complexity index is 1240. The lowest BCUT2D eigenvalue weighted by molar-refractivity contribution is 0.0697. The maximum atomic E-state index is 13.5. The first kappa shape index (κ1) is 21.0. The molecule has 0 aliphatic carbocycles. The van der Waals surface area contributed by atoms with Crippen molar-refractivity contribution in [2.24, 2.45) is 0 Å². The molecule has 29 heavy (non-hydrogen) atoms. The Morgan fingerprint density at radius 1 is 1.21 bits per heavy atom. The Balaban J connectivity index is 2.30. The molecule has 0 atom stereocenters. The molecule has 2 heterocycles. The molecule has 3 aromatic rings. The van der Waals surface area contributed by atoms with Gasteiger partial charge >= 0.3 is 16.0 Å². The number of hydrogen-bond acceptors (Lipinski definition) is 6. The van der Waals surface area contributed by atoms with E-state index in [1.54, 1.807) is 40.7 Å². The van der Waals surface area contributed by atoms with E-state index in [0.29, 0.717) is 17.0 Å². The highest BCUT2D eigenvalue weighted by atomic mass is 35.5. The van der Waals surface area contributed by atoms with E-state index in [2.05, 4.69) is 15.1 Å². The first-order valence-electron chi connectivity index (χ1n) is 8.73. The zero-order chi connectivity index (χ0) is 21.7. The minimum atomic E-state index is -4.31. The predicted octanol–water partition coefficient (Wildman–Crippen LogP) is 3.00. The summed E-state index contributed by atoms with van der Waals surface area (Å²) in [6.45, 7) is 8.36. The van der Waals surface area contributed by atoms with Gasteiger partial charge in [0.05, 0.1) is 11.3 Å². The number of rotatable bonds is 5. The summed E-state index contributed by atoms with van der Waals surface area (Å²) in [5.74, 6) is -1.12. The fourth-order valence-corrected chi connectivity index (χ4v) is 4.87. The topological polar surface area (TPSA) is 118 Å². The summed E-state index contributed by atoms with van der Waals surface area (Å²) >= 11 is 6.18. The monoisotopic (exact) mass is 437 g/mol. The molecule has 2 aromatic heterocycles. The summed E-state index contributed by atoms with van der Waals surface area (Å²) < 4.78 is 29.3. The molecule has 9 nitrogen and oxygen atoms in total. The number of aromatic carboxylic acids is 1. The van der Waals surface area contributed by atoms with E-state index >= 15 is 0 Å². The van der Waals surface area contributed by atoms with E-state index in [1.807, 2.05) is 0 Å². The number of carbonyl (C=O) groups is 1. The smallest absolute Gasteiger partial charge is 0.337 e. The SMILES string of the molecule is Cc1cc(C)n2nc(S(=O)(=O)N(c3c(C(=O)O)ccc(Cl)c3C)C(C)C)nc2n1. The lowest BCUT2D eigenvalue weighted by Gasteiger charge is -2.29. The fourth-order valence-electron chi connectivity index (χ4n) is 3.13. The van der Waals surface area contributed by atoms with Crippen LogP contribution in [0.2, 0.25) is 5.02 Å². The molecule has 0 saturated heterocycles. The number of fused-ring (bicyclic) bond motifs is 1. The number of aryl methyl sites for hydroxylation is 2. The third-order valence-electron chi connectivity index (χ3n) is 4.37. The molecule has 0 radical (unpaired) electrons. The molecule has 0 saturated carbocycles. The Hall–Kier alpha value is -2.72. The van der Waals surface area contributed by atoms with Crippen LogP contribution in [0.1, 0.15) is 41.2 Å². The molecular formula is C18H20ClN5O4S. The second kappa shape index (κ2) is 7.27. The van der Waals surface area contributed by atoms with Gasteiger partial charge in [0, 0.05) is 22.5 Å². The van der Waals surface area contributed by atoms with Gasteiger partial charge in [0.2, 0.25) is 0 Å². The van der Waals surface area contributed by atoms with Crippen molar-refractivity contribution in [3.8, 4) is 0 Å². The van der Waals surface area contributed by atoms with E-state index < -0.39 is 27.2 Å². The Morgan fingerprint density at radius 2 is 1.86 bits per heavy atom. The first-order valence-corrected chi connectivity index (χ1v) is 10.5. The summed E-state index contributed by atoms with van der Waals surface area (Å²) in [6, 6.07) is 3.83. The summed E-state index contributed by atoms with van der Waals surface area (Å²) in [7, 11) is -4.31. The standard InChI is InChI=1S/C18H20ClN5O4S/c1-9(2)24(15-12(5)14(19)7-6-13(15)16(25)26)29(27,28)18-21-17-20-10(3)8-11(4)23(17)22-18/h6-9H,1-5H3,(H,25,26). The molecule has 154 valence electrons. The quantitative estimate of drug-likeness (QED) is 0.651. The highest BCUT2D eigenvalue weighted by Crippen LogP contribution is 2.35. The Kier molecular flexibility index (Phi) is 5.26. The van der Waals surface area contributed by atoms with Crippen molar-refractivity contribution in [2.75, 3.05) is 4.31 Å². The highest BCUT2D eigenvalue weighted by Gasteiger charge is 2.35. The van der Waals surface area contributed by atoms with Crippen LogP contribution in [0, 0.1) is 20.8 Å². The average Bonchev–Trinajstić information content (AvgIpc) is 3.03. The zero-order valence-electron chi connectivity index (χ0n) is 16.5. The summed E-state index contributed by atoms with van der Waals surface area (Å²) in [5, 5.41) is 13.5. The molecule has 0 amide bonds. The van der Waals surface area contributed by atoms with Gasteiger partial charge < -0.3 is 5.11 Å². The normalized spacial score (nSPS) is 12.0. The van der Waals surface area contributed by atoms with Gasteiger partial charge in [0.15, 0.2) is 0 Å². The van der Waals surface area contributed by atoms with Gasteiger partial charge in [-0.05, 0) is 58.4 Å². The van der Waals surface area contributed by atoms with E-state index in [9.17, 15) is 18.3 Å². The van der Waals surface area contributed by atoms with Crippen molar-refractivity contribution in [3.63, 3.8) is 0 Å². The molecule has 0 spiro atoms. The van der Waals surface area contributed by atoms with Crippen molar-refractivity contribution >= 4 is 39.1 Å². The van der Waals surface area contributed by atoms with Crippen LogP contribution in [0.5, 0.6) is 0 Å². The minimum Gasteiger partial charge on any atom is -0.478 e. The average molecular weight is 438 g/mol. The van der Waals surface area contributed by atoms with Crippen molar-refractivity contribution < 1.29 is 18.3 Å². The van der Waals surface area contributed by atoms with Crippen LogP contribution in [0.25, 0.3) is 5.78 Å². The summed E-state index contributed by atoms with van der Waals surface area (Å²) in [6.07, 6.45) is 0. The number of anilines is 1. The molecule has 1 N–H and O–H groups in total. The lowest BCUT2D eigenvalue weighted by atomic mass is 10.1. The van der Waals surface area contributed by atoms with Crippen LogP contribution in [0.4, 0.5) is 5.69 Å². The van der Waals surface area contributed by atoms with Gasteiger partial charge in [0.1, 0.15) is 0 Å². The van der Waals surface area contributed by atoms with Crippen molar-refractivity contribution in [1.29, 1.82) is 0 Å². The van der Waals surface area contributed by atoms with E-state index in [4.69, 9.17) is 11.6 Å². The number of sulfonamides is 1. The van der Waals surface area contributed by atoms with Crippen LogP contribution >= 0.6 is 11.6 Å². The molecule has 3 rings (SSSR count). The minimum absolute atomic E-state index is 0.0142. The fraction of sp³-hybridized carbons (Fsp3) is 0.333. The molecule has 0 bridgehead atoms. The second-order valence-corrected chi connectivity index (χ2v) is 9.03. The van der Waals surface area contributed by atoms with Crippen LogP contribution in [-0.4, -0.2) is 45.1 Å². The number of benzene rings is 1. The number of carboxylic acid groups (broad SMARTS) is 1. The maximum Gasteiger partial charge on any atom is 0.337 e. The van der Waals surface area contributed by atoms with Crippen LogP contribution in [0.15, 0.2) is 23.4 Å².